The minimum Gasteiger partial charge on any atom is -0.486 e. The second-order valence-electron chi connectivity index (χ2n) is 10.2. The molecule has 2 heterocycles. The van der Waals surface area contributed by atoms with Crippen molar-refractivity contribution >= 4 is 33.3 Å². The number of urea groups is 1. The van der Waals surface area contributed by atoms with Crippen LogP contribution >= 0.6 is 0 Å². The highest BCUT2D eigenvalue weighted by molar-refractivity contribution is 7.89. The third-order valence-corrected chi connectivity index (χ3v) is 8.94. The quantitative estimate of drug-likeness (QED) is 0.363. The molecule has 1 aliphatic rings. The van der Waals surface area contributed by atoms with Gasteiger partial charge < -0.3 is 29.9 Å². The van der Waals surface area contributed by atoms with E-state index >= 15 is 0 Å². The average molecular weight is 586 g/mol. The Balaban J connectivity index is 1.70. The number of aliphatic hydroxyl groups excluding tert-OH is 1. The number of carbonyl (C=O) groups is 2. The highest BCUT2D eigenvalue weighted by atomic mass is 32.2. The van der Waals surface area contributed by atoms with E-state index in [-0.39, 0.29) is 53.4 Å². The Bertz CT molecular complexity index is 1490. The topological polar surface area (TPSA) is 154 Å². The number of nitrogens with one attached hydrogen (secondary N) is 2. The normalized spacial score (nSPS) is 18.2. The van der Waals surface area contributed by atoms with Gasteiger partial charge in [0.15, 0.2) is 11.5 Å². The van der Waals surface area contributed by atoms with E-state index in [1.54, 1.807) is 62.1 Å². The van der Waals surface area contributed by atoms with Crippen LogP contribution in [0, 0.1) is 19.8 Å². The first-order valence-electron chi connectivity index (χ1n) is 13.2. The lowest BCUT2D eigenvalue weighted by atomic mass is 9.99. The molecule has 220 valence electrons. The summed E-state index contributed by atoms with van der Waals surface area (Å²) in [6.45, 7) is 6.85. The van der Waals surface area contributed by atoms with Crippen LogP contribution in [0.2, 0.25) is 0 Å². The van der Waals surface area contributed by atoms with Crippen LogP contribution < -0.4 is 15.4 Å². The molecule has 0 unspecified atom stereocenters. The largest absolute Gasteiger partial charge is 0.486 e. The molecule has 0 fully saturated rings. The summed E-state index contributed by atoms with van der Waals surface area (Å²) in [5, 5.41) is 19.2. The third kappa shape index (κ3) is 6.37. The standard InChI is InChI=1S/C28H35N5O7S/c1-17-14-33(18(2)16-34)27(35)22-12-9-13-23(29-28(36)30-25-19(3)31-40-20(25)4)26(22)39-24(17)15-32(5)41(37,38)21-10-7-6-8-11-21/h6-13,17-18,24,34H,14-16H2,1-5H3,(H2,29,30,36)/t17-,18+,24+/m0/s1. The predicted molar refractivity (Wildman–Crippen MR) is 152 cm³/mol. The van der Waals surface area contributed by atoms with Crippen LogP contribution in [0.15, 0.2) is 57.9 Å². The van der Waals surface area contributed by atoms with Gasteiger partial charge in [-0.25, -0.2) is 13.2 Å². The van der Waals surface area contributed by atoms with Gasteiger partial charge in [0.2, 0.25) is 10.0 Å². The number of rotatable bonds is 8. The second kappa shape index (κ2) is 12.3. The molecule has 0 saturated heterocycles. The second-order valence-corrected chi connectivity index (χ2v) is 12.2. The number of aromatic nitrogens is 1. The molecule has 0 aliphatic carbocycles. The van der Waals surface area contributed by atoms with Crippen molar-refractivity contribution in [2.24, 2.45) is 5.92 Å². The number of aryl methyl sites for hydroxylation is 2. The molecule has 0 bridgehead atoms. The van der Waals surface area contributed by atoms with Gasteiger partial charge in [0.1, 0.15) is 17.5 Å². The van der Waals surface area contributed by atoms with Gasteiger partial charge in [0, 0.05) is 19.5 Å². The van der Waals surface area contributed by atoms with Crippen molar-refractivity contribution in [1.82, 2.24) is 14.4 Å². The van der Waals surface area contributed by atoms with Crippen molar-refractivity contribution < 1.29 is 32.4 Å². The number of likely N-dealkylation sites (N-methyl/N-ethyl adjacent to an activating group) is 1. The van der Waals surface area contributed by atoms with E-state index in [0.717, 1.165) is 0 Å². The van der Waals surface area contributed by atoms with Crippen LogP contribution in [-0.2, 0) is 10.0 Å². The summed E-state index contributed by atoms with van der Waals surface area (Å²) in [6, 6.07) is 11.7. The van der Waals surface area contributed by atoms with Crippen LogP contribution in [0.25, 0.3) is 0 Å². The fourth-order valence-electron chi connectivity index (χ4n) is 4.61. The number of benzene rings is 2. The van der Waals surface area contributed by atoms with E-state index in [1.165, 1.54) is 23.5 Å². The van der Waals surface area contributed by atoms with Crippen LogP contribution in [0.1, 0.15) is 35.7 Å². The Kier molecular flexibility index (Phi) is 9.00. The minimum atomic E-state index is -3.83. The van der Waals surface area contributed by atoms with E-state index < -0.39 is 28.2 Å². The zero-order valence-corrected chi connectivity index (χ0v) is 24.4. The lowest BCUT2D eigenvalue weighted by Gasteiger charge is -2.38. The number of sulfonamides is 1. The number of amides is 3. The highest BCUT2D eigenvalue weighted by Gasteiger charge is 2.36. The molecule has 0 radical (unpaired) electrons. The summed E-state index contributed by atoms with van der Waals surface area (Å²) in [4.78, 5) is 28.3. The zero-order valence-electron chi connectivity index (χ0n) is 23.6. The first-order valence-corrected chi connectivity index (χ1v) is 14.6. The Hall–Kier alpha value is -3.94. The summed E-state index contributed by atoms with van der Waals surface area (Å²) in [7, 11) is -2.36. The Morgan fingerprint density at radius 2 is 1.88 bits per heavy atom. The van der Waals surface area contributed by atoms with E-state index in [2.05, 4.69) is 15.8 Å². The Morgan fingerprint density at radius 1 is 1.17 bits per heavy atom. The number of anilines is 2. The third-order valence-electron chi connectivity index (χ3n) is 7.10. The predicted octanol–water partition coefficient (Wildman–Crippen LogP) is 3.48. The number of para-hydroxylation sites is 1. The smallest absolute Gasteiger partial charge is 0.323 e. The molecule has 1 aromatic heterocycles. The number of hydrogen-bond donors (Lipinski definition) is 3. The summed E-state index contributed by atoms with van der Waals surface area (Å²) in [5.41, 5.74) is 1.30. The van der Waals surface area contributed by atoms with Crippen molar-refractivity contribution in [2.75, 3.05) is 37.4 Å². The van der Waals surface area contributed by atoms with Crippen molar-refractivity contribution in [2.45, 2.75) is 44.7 Å². The molecule has 1 aliphatic heterocycles. The minimum absolute atomic E-state index is 0.0347. The van der Waals surface area contributed by atoms with Crippen LogP contribution in [0.5, 0.6) is 5.75 Å². The van der Waals surface area contributed by atoms with Crippen molar-refractivity contribution in [3.05, 3.63) is 65.5 Å². The van der Waals surface area contributed by atoms with E-state index in [0.29, 0.717) is 17.1 Å². The molecule has 13 heteroatoms. The van der Waals surface area contributed by atoms with E-state index in [9.17, 15) is 23.1 Å². The molecular weight excluding hydrogens is 550 g/mol. The molecule has 2 aromatic carbocycles. The van der Waals surface area contributed by atoms with Gasteiger partial charge in [-0.1, -0.05) is 36.3 Å². The summed E-state index contributed by atoms with van der Waals surface area (Å²) >= 11 is 0. The molecule has 3 N–H and O–H groups in total. The summed E-state index contributed by atoms with van der Waals surface area (Å²) < 4.78 is 39.3. The number of aliphatic hydroxyl groups is 1. The molecular formula is C28H35N5O7S. The van der Waals surface area contributed by atoms with E-state index in [1.807, 2.05) is 6.92 Å². The van der Waals surface area contributed by atoms with Crippen molar-refractivity contribution in [1.29, 1.82) is 0 Å². The van der Waals surface area contributed by atoms with Crippen LogP contribution in [0.3, 0.4) is 0 Å². The molecule has 0 saturated carbocycles. The van der Waals surface area contributed by atoms with E-state index in [4.69, 9.17) is 9.26 Å². The summed E-state index contributed by atoms with van der Waals surface area (Å²) in [6.07, 6.45) is -0.715. The maximum absolute atomic E-state index is 13.7. The maximum atomic E-state index is 13.7. The number of carbonyl (C=O) groups excluding carboxylic acids is 2. The monoisotopic (exact) mass is 585 g/mol. The lowest BCUT2D eigenvalue weighted by molar-refractivity contribution is 0.0389. The van der Waals surface area contributed by atoms with Gasteiger partial charge in [-0.3, -0.25) is 4.79 Å². The van der Waals surface area contributed by atoms with Crippen molar-refractivity contribution in [3.63, 3.8) is 0 Å². The van der Waals surface area contributed by atoms with Gasteiger partial charge in [-0.05, 0) is 45.0 Å². The zero-order chi connectivity index (χ0) is 29.9. The number of nitrogens with zero attached hydrogens (tertiary/aromatic N) is 3. The molecule has 3 amide bonds. The highest BCUT2D eigenvalue weighted by Crippen LogP contribution is 2.35. The molecule has 3 aromatic rings. The maximum Gasteiger partial charge on any atom is 0.323 e. The first-order chi connectivity index (χ1) is 19.4. The van der Waals surface area contributed by atoms with Gasteiger partial charge in [-0.2, -0.15) is 4.31 Å². The van der Waals surface area contributed by atoms with Gasteiger partial charge in [0.25, 0.3) is 5.91 Å². The SMILES string of the molecule is Cc1noc(C)c1NC(=O)Nc1cccc2c1O[C@H](CN(C)S(=O)(=O)c1ccccc1)[C@@H](C)CN([C@H](C)CO)C2=O. The fourth-order valence-corrected chi connectivity index (χ4v) is 5.82. The van der Waals surface area contributed by atoms with Crippen LogP contribution in [0.4, 0.5) is 16.2 Å². The molecule has 41 heavy (non-hydrogen) atoms. The van der Waals surface area contributed by atoms with Crippen molar-refractivity contribution in [3.8, 4) is 5.75 Å². The molecule has 3 atom stereocenters. The lowest BCUT2D eigenvalue weighted by Crippen LogP contribution is -2.50. The first kappa shape index (κ1) is 30.0. The van der Waals surface area contributed by atoms with Gasteiger partial charge in [-0.15, -0.1) is 0 Å². The number of ether oxygens (including phenoxy) is 1. The summed E-state index contributed by atoms with van der Waals surface area (Å²) in [5.74, 6) is -0.202. The van der Waals surface area contributed by atoms with Gasteiger partial charge >= 0.3 is 6.03 Å². The number of fused-ring (bicyclic) bond motifs is 1. The Labute approximate surface area is 239 Å². The molecule has 4 rings (SSSR count). The van der Waals surface area contributed by atoms with Crippen LogP contribution in [-0.4, -0.2) is 78.7 Å². The molecule has 12 nitrogen and oxygen atoms in total. The fraction of sp³-hybridized carbons (Fsp3) is 0.393. The van der Waals surface area contributed by atoms with Gasteiger partial charge in [0.05, 0.1) is 35.3 Å². The average Bonchev–Trinajstić information content (AvgIpc) is 3.27. The number of hydrogen-bond acceptors (Lipinski definition) is 8. The molecule has 0 spiro atoms. The Morgan fingerprint density at radius 3 is 2.51 bits per heavy atom.